The highest BCUT2D eigenvalue weighted by molar-refractivity contribution is 5.55. The molecule has 1 heterocycles. The van der Waals surface area contributed by atoms with E-state index in [1.54, 1.807) is 0 Å². The summed E-state index contributed by atoms with van der Waals surface area (Å²) in [5, 5.41) is 3.49. The average molecular weight is 374 g/mol. The molecule has 1 aliphatic heterocycles. The molecule has 1 aliphatic rings. The van der Waals surface area contributed by atoms with Gasteiger partial charge in [0.25, 0.3) is 0 Å². The Morgan fingerprint density at radius 2 is 1.57 bits per heavy atom. The summed E-state index contributed by atoms with van der Waals surface area (Å²) >= 11 is 0. The van der Waals surface area contributed by atoms with Crippen LogP contribution in [0, 0.1) is 0 Å². The van der Waals surface area contributed by atoms with E-state index >= 15 is 0 Å². The van der Waals surface area contributed by atoms with Crippen LogP contribution in [0.5, 0.6) is 5.75 Å². The van der Waals surface area contributed by atoms with Gasteiger partial charge in [-0.15, -0.1) is 0 Å². The molecule has 1 N–H and O–H groups in total. The molecule has 4 rings (SSSR count). The SMILES string of the molecule is c1ccc(COc2cccc(CNc3ccc(N4CCOCC4)cc3)c2)cc1. The molecule has 144 valence electrons. The summed E-state index contributed by atoms with van der Waals surface area (Å²) in [5.74, 6) is 0.894. The summed E-state index contributed by atoms with van der Waals surface area (Å²) < 4.78 is 11.3. The lowest BCUT2D eigenvalue weighted by atomic mass is 10.2. The lowest BCUT2D eigenvalue weighted by Gasteiger charge is -2.28. The lowest BCUT2D eigenvalue weighted by molar-refractivity contribution is 0.122. The third-order valence-electron chi connectivity index (χ3n) is 4.89. The monoisotopic (exact) mass is 374 g/mol. The molecule has 3 aromatic carbocycles. The summed E-state index contributed by atoms with van der Waals surface area (Å²) in [6.07, 6.45) is 0. The predicted octanol–water partition coefficient (Wildman–Crippen LogP) is 4.71. The van der Waals surface area contributed by atoms with E-state index in [0.717, 1.165) is 44.3 Å². The molecule has 0 aliphatic carbocycles. The van der Waals surface area contributed by atoms with E-state index in [2.05, 4.69) is 58.7 Å². The molecular formula is C24H26N2O2. The summed E-state index contributed by atoms with van der Waals surface area (Å²) in [5.41, 5.74) is 4.74. The number of nitrogens with one attached hydrogen (secondary N) is 1. The Balaban J connectivity index is 1.30. The van der Waals surface area contributed by atoms with E-state index in [9.17, 15) is 0 Å². The molecule has 4 heteroatoms. The van der Waals surface area contributed by atoms with Gasteiger partial charge in [-0.1, -0.05) is 42.5 Å². The number of hydrogen-bond donors (Lipinski definition) is 1. The van der Waals surface area contributed by atoms with Crippen LogP contribution in [-0.4, -0.2) is 26.3 Å². The number of nitrogens with zero attached hydrogens (tertiary/aromatic N) is 1. The summed E-state index contributed by atoms with van der Waals surface area (Å²) in [4.78, 5) is 2.36. The highest BCUT2D eigenvalue weighted by atomic mass is 16.5. The number of anilines is 2. The third kappa shape index (κ3) is 5.05. The molecule has 0 spiro atoms. The maximum absolute atomic E-state index is 5.92. The van der Waals surface area contributed by atoms with Gasteiger partial charge in [-0.2, -0.15) is 0 Å². The van der Waals surface area contributed by atoms with E-state index in [0.29, 0.717) is 6.61 Å². The smallest absolute Gasteiger partial charge is 0.120 e. The van der Waals surface area contributed by atoms with Crippen LogP contribution in [0.4, 0.5) is 11.4 Å². The van der Waals surface area contributed by atoms with Crippen molar-refractivity contribution in [2.24, 2.45) is 0 Å². The van der Waals surface area contributed by atoms with Crippen LogP contribution in [0.2, 0.25) is 0 Å². The fourth-order valence-corrected chi connectivity index (χ4v) is 3.30. The van der Waals surface area contributed by atoms with Crippen molar-refractivity contribution in [2.45, 2.75) is 13.2 Å². The van der Waals surface area contributed by atoms with E-state index in [1.807, 2.05) is 30.3 Å². The maximum atomic E-state index is 5.92. The Hall–Kier alpha value is -2.98. The van der Waals surface area contributed by atoms with Crippen LogP contribution >= 0.6 is 0 Å². The van der Waals surface area contributed by atoms with E-state index in [1.165, 1.54) is 16.8 Å². The first-order valence-electron chi connectivity index (χ1n) is 9.79. The van der Waals surface area contributed by atoms with Gasteiger partial charge in [0, 0.05) is 31.0 Å². The molecule has 0 atom stereocenters. The molecular weight excluding hydrogens is 348 g/mol. The van der Waals surface area contributed by atoms with Crippen molar-refractivity contribution in [3.63, 3.8) is 0 Å². The quantitative estimate of drug-likeness (QED) is 0.649. The second kappa shape index (κ2) is 9.29. The molecule has 28 heavy (non-hydrogen) atoms. The lowest BCUT2D eigenvalue weighted by Crippen LogP contribution is -2.36. The zero-order chi connectivity index (χ0) is 19.0. The molecule has 0 amide bonds. The van der Waals surface area contributed by atoms with Gasteiger partial charge in [-0.05, 0) is 47.5 Å². The second-order valence-electron chi connectivity index (χ2n) is 6.92. The van der Waals surface area contributed by atoms with Gasteiger partial charge in [0.1, 0.15) is 12.4 Å². The Morgan fingerprint density at radius 1 is 0.821 bits per heavy atom. The zero-order valence-electron chi connectivity index (χ0n) is 16.0. The molecule has 0 radical (unpaired) electrons. The minimum atomic E-state index is 0.584. The Labute approximate surface area is 166 Å². The van der Waals surface area contributed by atoms with E-state index in [4.69, 9.17) is 9.47 Å². The minimum Gasteiger partial charge on any atom is -0.489 e. The zero-order valence-corrected chi connectivity index (χ0v) is 16.0. The van der Waals surface area contributed by atoms with Crippen LogP contribution in [0.3, 0.4) is 0 Å². The topological polar surface area (TPSA) is 33.7 Å². The van der Waals surface area contributed by atoms with Crippen molar-refractivity contribution in [3.05, 3.63) is 90.0 Å². The fourth-order valence-electron chi connectivity index (χ4n) is 3.30. The van der Waals surface area contributed by atoms with Gasteiger partial charge >= 0.3 is 0 Å². The molecule has 4 nitrogen and oxygen atoms in total. The first-order valence-corrected chi connectivity index (χ1v) is 9.79. The molecule has 0 bridgehead atoms. The molecule has 0 saturated carbocycles. The second-order valence-corrected chi connectivity index (χ2v) is 6.92. The van der Waals surface area contributed by atoms with E-state index in [-0.39, 0.29) is 0 Å². The molecule has 1 saturated heterocycles. The average Bonchev–Trinajstić information content (AvgIpc) is 2.78. The van der Waals surface area contributed by atoms with Gasteiger partial charge < -0.3 is 19.7 Å². The van der Waals surface area contributed by atoms with Crippen molar-refractivity contribution in [1.29, 1.82) is 0 Å². The number of ether oxygens (including phenoxy) is 2. The van der Waals surface area contributed by atoms with Gasteiger partial charge in [-0.3, -0.25) is 0 Å². The first-order chi connectivity index (χ1) is 13.9. The molecule has 0 aromatic heterocycles. The van der Waals surface area contributed by atoms with Crippen molar-refractivity contribution in [1.82, 2.24) is 0 Å². The number of morpholine rings is 1. The van der Waals surface area contributed by atoms with Gasteiger partial charge in [-0.25, -0.2) is 0 Å². The van der Waals surface area contributed by atoms with Crippen molar-refractivity contribution >= 4 is 11.4 Å². The maximum Gasteiger partial charge on any atom is 0.120 e. The normalized spacial score (nSPS) is 13.9. The van der Waals surface area contributed by atoms with Crippen LogP contribution in [0.1, 0.15) is 11.1 Å². The molecule has 3 aromatic rings. The van der Waals surface area contributed by atoms with Crippen molar-refractivity contribution in [3.8, 4) is 5.75 Å². The van der Waals surface area contributed by atoms with E-state index < -0.39 is 0 Å². The predicted molar refractivity (Wildman–Crippen MR) is 114 cm³/mol. The standard InChI is InChI=1S/C24H26N2O2/c1-2-5-20(6-3-1)19-28-24-8-4-7-21(17-24)18-25-22-9-11-23(12-10-22)26-13-15-27-16-14-26/h1-12,17,25H,13-16,18-19H2. The van der Waals surface area contributed by atoms with Crippen LogP contribution in [0.15, 0.2) is 78.9 Å². The van der Waals surface area contributed by atoms with Gasteiger partial charge in [0.2, 0.25) is 0 Å². The fraction of sp³-hybridized carbons (Fsp3) is 0.250. The number of benzene rings is 3. The van der Waals surface area contributed by atoms with Crippen molar-refractivity contribution < 1.29 is 9.47 Å². The van der Waals surface area contributed by atoms with Crippen LogP contribution < -0.4 is 15.0 Å². The summed E-state index contributed by atoms with van der Waals surface area (Å²) in [7, 11) is 0. The van der Waals surface area contributed by atoms with Crippen LogP contribution in [0.25, 0.3) is 0 Å². The van der Waals surface area contributed by atoms with Crippen LogP contribution in [-0.2, 0) is 17.9 Å². The number of rotatable bonds is 7. The highest BCUT2D eigenvalue weighted by Crippen LogP contribution is 2.20. The number of hydrogen-bond acceptors (Lipinski definition) is 4. The van der Waals surface area contributed by atoms with Crippen molar-refractivity contribution in [2.75, 3.05) is 36.5 Å². The summed E-state index contributed by atoms with van der Waals surface area (Å²) in [6.45, 7) is 4.89. The summed E-state index contributed by atoms with van der Waals surface area (Å²) in [6, 6.07) is 27.1. The molecule has 0 unspecified atom stereocenters. The third-order valence-corrected chi connectivity index (χ3v) is 4.89. The largest absolute Gasteiger partial charge is 0.489 e. The minimum absolute atomic E-state index is 0.584. The molecule has 1 fully saturated rings. The Morgan fingerprint density at radius 3 is 2.36 bits per heavy atom. The Kier molecular flexibility index (Phi) is 6.10. The first kappa shape index (κ1) is 18.4. The Bertz CT molecular complexity index is 859. The van der Waals surface area contributed by atoms with Gasteiger partial charge in [0.15, 0.2) is 0 Å². The van der Waals surface area contributed by atoms with Gasteiger partial charge in [0.05, 0.1) is 13.2 Å². The highest BCUT2D eigenvalue weighted by Gasteiger charge is 2.10.